The molecule has 0 spiro atoms. The van der Waals surface area contributed by atoms with Gasteiger partial charge < -0.3 is 10.2 Å². The number of rotatable bonds is 2. The summed E-state index contributed by atoms with van der Waals surface area (Å²) in [5.74, 6) is 0.683. The van der Waals surface area contributed by atoms with Crippen LogP contribution in [0, 0.1) is 11.8 Å². The molecule has 0 aliphatic heterocycles. The Bertz CT molecular complexity index is 142. The smallest absolute Gasteiger partial charge is 0.0496 e. The molecule has 2 atom stereocenters. The lowest BCUT2D eigenvalue weighted by Crippen LogP contribution is -2.21. The lowest BCUT2D eigenvalue weighted by atomic mass is 9.79. The Labute approximate surface area is 67.6 Å². The fraction of sp³-hybridized carbons (Fsp3) is 0.778. The maximum absolute atomic E-state index is 8.90. The highest BCUT2D eigenvalue weighted by Gasteiger charge is 2.22. The molecule has 1 aliphatic carbocycles. The molecule has 0 saturated heterocycles. The van der Waals surface area contributed by atoms with Crippen molar-refractivity contribution in [2.24, 2.45) is 11.8 Å². The molecule has 11 heavy (non-hydrogen) atoms. The Morgan fingerprint density at radius 1 is 1.27 bits per heavy atom. The van der Waals surface area contributed by atoms with Crippen LogP contribution in [0.4, 0.5) is 0 Å². The van der Waals surface area contributed by atoms with E-state index in [0.29, 0.717) is 5.92 Å². The summed E-state index contributed by atoms with van der Waals surface area (Å²) in [4.78, 5) is 0. The third-order valence-electron chi connectivity index (χ3n) is 2.53. The van der Waals surface area contributed by atoms with Crippen LogP contribution in [0.25, 0.3) is 0 Å². The molecule has 1 aliphatic rings. The Kier molecular flexibility index (Phi) is 3.09. The average Bonchev–Trinajstić information content (AvgIpc) is 2.04. The van der Waals surface area contributed by atoms with Gasteiger partial charge in [-0.05, 0) is 25.2 Å². The van der Waals surface area contributed by atoms with Crippen molar-refractivity contribution in [1.82, 2.24) is 0 Å². The van der Waals surface area contributed by atoms with E-state index in [-0.39, 0.29) is 19.1 Å². The zero-order valence-electron chi connectivity index (χ0n) is 6.79. The SMILES string of the molecule is C=C1CC(CO)CCC1CO. The van der Waals surface area contributed by atoms with Gasteiger partial charge in [-0.2, -0.15) is 0 Å². The quantitative estimate of drug-likeness (QED) is 0.584. The van der Waals surface area contributed by atoms with E-state index in [9.17, 15) is 0 Å². The van der Waals surface area contributed by atoms with Gasteiger partial charge in [-0.1, -0.05) is 12.2 Å². The van der Waals surface area contributed by atoms with Crippen LogP contribution < -0.4 is 0 Å². The molecule has 0 aromatic carbocycles. The second-order valence-corrected chi connectivity index (χ2v) is 3.37. The van der Waals surface area contributed by atoms with E-state index in [1.54, 1.807) is 0 Å². The Hall–Kier alpha value is -0.340. The van der Waals surface area contributed by atoms with E-state index in [1.165, 1.54) is 0 Å². The van der Waals surface area contributed by atoms with E-state index in [4.69, 9.17) is 10.2 Å². The van der Waals surface area contributed by atoms with Crippen LogP contribution in [0.2, 0.25) is 0 Å². The van der Waals surface area contributed by atoms with Crippen molar-refractivity contribution in [3.63, 3.8) is 0 Å². The highest BCUT2D eigenvalue weighted by Crippen LogP contribution is 2.31. The van der Waals surface area contributed by atoms with Crippen molar-refractivity contribution in [2.45, 2.75) is 19.3 Å². The molecule has 0 radical (unpaired) electrons. The molecule has 1 rings (SSSR count). The van der Waals surface area contributed by atoms with E-state index in [0.717, 1.165) is 24.8 Å². The van der Waals surface area contributed by atoms with Crippen molar-refractivity contribution in [1.29, 1.82) is 0 Å². The van der Waals surface area contributed by atoms with Gasteiger partial charge in [0.1, 0.15) is 0 Å². The van der Waals surface area contributed by atoms with Gasteiger partial charge in [0.25, 0.3) is 0 Å². The van der Waals surface area contributed by atoms with Gasteiger partial charge in [-0.15, -0.1) is 0 Å². The van der Waals surface area contributed by atoms with Crippen molar-refractivity contribution in [3.8, 4) is 0 Å². The summed E-state index contributed by atoms with van der Waals surface area (Å²) < 4.78 is 0. The van der Waals surface area contributed by atoms with Gasteiger partial charge in [0.2, 0.25) is 0 Å². The highest BCUT2D eigenvalue weighted by molar-refractivity contribution is 5.05. The van der Waals surface area contributed by atoms with Crippen LogP contribution in [0.15, 0.2) is 12.2 Å². The van der Waals surface area contributed by atoms with Gasteiger partial charge in [-0.25, -0.2) is 0 Å². The molecule has 64 valence electrons. The van der Waals surface area contributed by atoms with E-state index >= 15 is 0 Å². The standard InChI is InChI=1S/C9H16O2/c1-7-4-8(5-10)2-3-9(7)6-11/h8-11H,1-6H2. The van der Waals surface area contributed by atoms with Gasteiger partial charge >= 0.3 is 0 Å². The summed E-state index contributed by atoms with van der Waals surface area (Å²) in [6.45, 7) is 4.37. The zero-order chi connectivity index (χ0) is 8.27. The first-order valence-corrected chi connectivity index (χ1v) is 4.17. The number of aliphatic hydroxyl groups is 2. The molecule has 0 amide bonds. The van der Waals surface area contributed by atoms with Crippen LogP contribution in [0.1, 0.15) is 19.3 Å². The van der Waals surface area contributed by atoms with Gasteiger partial charge in [0, 0.05) is 19.1 Å². The molecule has 1 fully saturated rings. The second kappa shape index (κ2) is 3.88. The van der Waals surface area contributed by atoms with Gasteiger partial charge in [-0.3, -0.25) is 0 Å². The highest BCUT2D eigenvalue weighted by atomic mass is 16.3. The monoisotopic (exact) mass is 156 g/mol. The van der Waals surface area contributed by atoms with E-state index < -0.39 is 0 Å². The first-order chi connectivity index (χ1) is 5.27. The maximum atomic E-state index is 8.90. The van der Waals surface area contributed by atoms with Crippen molar-refractivity contribution < 1.29 is 10.2 Å². The molecule has 2 N–H and O–H groups in total. The predicted octanol–water partition coefficient (Wildman–Crippen LogP) is 0.944. The molecule has 2 heteroatoms. The molecule has 0 bridgehead atoms. The van der Waals surface area contributed by atoms with Crippen molar-refractivity contribution in [3.05, 3.63) is 12.2 Å². The predicted molar refractivity (Wildman–Crippen MR) is 44.1 cm³/mol. The van der Waals surface area contributed by atoms with Gasteiger partial charge in [0.15, 0.2) is 0 Å². The third-order valence-corrected chi connectivity index (χ3v) is 2.53. The minimum absolute atomic E-state index is 0.219. The van der Waals surface area contributed by atoms with Crippen molar-refractivity contribution in [2.75, 3.05) is 13.2 Å². The first-order valence-electron chi connectivity index (χ1n) is 4.17. The molecule has 2 nitrogen and oxygen atoms in total. The number of aliphatic hydroxyl groups excluding tert-OH is 2. The summed E-state index contributed by atoms with van der Waals surface area (Å²) in [7, 11) is 0. The molecule has 2 unspecified atom stereocenters. The molecule has 0 heterocycles. The number of hydrogen-bond donors (Lipinski definition) is 2. The summed E-state index contributed by atoms with van der Waals surface area (Å²) in [6, 6.07) is 0. The normalized spacial score (nSPS) is 32.4. The number of hydrogen-bond acceptors (Lipinski definition) is 2. The van der Waals surface area contributed by atoms with Crippen LogP contribution in [0.3, 0.4) is 0 Å². The molecular formula is C9H16O2. The Balaban J connectivity index is 2.41. The Morgan fingerprint density at radius 2 is 2.00 bits per heavy atom. The van der Waals surface area contributed by atoms with E-state index in [1.807, 2.05) is 0 Å². The second-order valence-electron chi connectivity index (χ2n) is 3.37. The molecule has 0 aromatic rings. The fourth-order valence-corrected chi connectivity index (χ4v) is 1.66. The minimum Gasteiger partial charge on any atom is -0.396 e. The van der Waals surface area contributed by atoms with Crippen LogP contribution in [-0.4, -0.2) is 23.4 Å². The third kappa shape index (κ3) is 2.04. The topological polar surface area (TPSA) is 40.5 Å². The van der Waals surface area contributed by atoms with Gasteiger partial charge in [0.05, 0.1) is 0 Å². The first kappa shape index (κ1) is 8.75. The molecule has 1 saturated carbocycles. The summed E-state index contributed by atoms with van der Waals surface area (Å²) in [5, 5.41) is 17.8. The lowest BCUT2D eigenvalue weighted by Gasteiger charge is -2.28. The summed E-state index contributed by atoms with van der Waals surface area (Å²) >= 11 is 0. The zero-order valence-corrected chi connectivity index (χ0v) is 6.79. The van der Waals surface area contributed by atoms with Crippen molar-refractivity contribution >= 4 is 0 Å². The van der Waals surface area contributed by atoms with Crippen LogP contribution in [0.5, 0.6) is 0 Å². The van der Waals surface area contributed by atoms with Crippen LogP contribution in [-0.2, 0) is 0 Å². The largest absolute Gasteiger partial charge is 0.396 e. The minimum atomic E-state index is 0.219. The maximum Gasteiger partial charge on any atom is 0.0496 e. The summed E-state index contributed by atoms with van der Waals surface area (Å²) in [6.07, 6.45) is 2.91. The lowest BCUT2D eigenvalue weighted by molar-refractivity contribution is 0.165. The Morgan fingerprint density at radius 3 is 2.45 bits per heavy atom. The van der Waals surface area contributed by atoms with E-state index in [2.05, 4.69) is 6.58 Å². The summed E-state index contributed by atoms with van der Waals surface area (Å²) in [5.41, 5.74) is 1.11. The van der Waals surface area contributed by atoms with Crippen LogP contribution >= 0.6 is 0 Å². The fourth-order valence-electron chi connectivity index (χ4n) is 1.66. The average molecular weight is 156 g/mol. The molecule has 0 aromatic heterocycles. The molecular weight excluding hydrogens is 140 g/mol.